The third kappa shape index (κ3) is 4.08. The van der Waals surface area contributed by atoms with Crippen LogP contribution in [-0.2, 0) is 10.0 Å². The fourth-order valence-electron chi connectivity index (χ4n) is 2.79. The van der Waals surface area contributed by atoms with Crippen LogP contribution in [0.4, 0.5) is 0 Å². The Morgan fingerprint density at radius 1 is 1.29 bits per heavy atom. The maximum Gasteiger partial charge on any atom is 0.254 e. The molecule has 2 aliphatic rings. The highest BCUT2D eigenvalue weighted by Crippen LogP contribution is 2.23. The van der Waals surface area contributed by atoms with Crippen LogP contribution in [0, 0.1) is 0 Å². The summed E-state index contributed by atoms with van der Waals surface area (Å²) in [5, 5.41) is 3.33. The van der Waals surface area contributed by atoms with Crippen LogP contribution < -0.4 is 10.0 Å². The van der Waals surface area contributed by atoms with Crippen molar-refractivity contribution in [1.82, 2.24) is 14.9 Å². The molecular weight excluding hydrogens is 350 g/mol. The highest BCUT2D eigenvalue weighted by Gasteiger charge is 2.31. The average Bonchev–Trinajstić information content (AvgIpc) is 3.33. The molecule has 1 amide bonds. The van der Waals surface area contributed by atoms with Gasteiger partial charge in [0.2, 0.25) is 10.0 Å². The second kappa shape index (κ2) is 7.39. The first-order valence-corrected chi connectivity index (χ1v) is 9.53. The van der Waals surface area contributed by atoms with Crippen molar-refractivity contribution in [2.75, 3.05) is 13.1 Å². The van der Waals surface area contributed by atoms with Gasteiger partial charge in [-0.15, -0.1) is 12.4 Å². The first-order chi connectivity index (χ1) is 10.9. The smallest absolute Gasteiger partial charge is 0.254 e. The summed E-state index contributed by atoms with van der Waals surface area (Å²) in [6, 6.07) is 6.66. The monoisotopic (exact) mass is 373 g/mol. The number of piperazine rings is 1. The maximum absolute atomic E-state index is 12.8. The van der Waals surface area contributed by atoms with Gasteiger partial charge in [-0.3, -0.25) is 4.79 Å². The van der Waals surface area contributed by atoms with E-state index in [0.717, 1.165) is 19.4 Å². The number of carbonyl (C=O) groups is 1. The zero-order valence-electron chi connectivity index (χ0n) is 13.9. The van der Waals surface area contributed by atoms with Gasteiger partial charge in [0, 0.05) is 36.8 Å². The van der Waals surface area contributed by atoms with Crippen molar-refractivity contribution in [3.63, 3.8) is 0 Å². The predicted molar refractivity (Wildman–Crippen MR) is 95.0 cm³/mol. The van der Waals surface area contributed by atoms with Crippen LogP contribution in [-0.4, -0.2) is 50.4 Å². The molecule has 0 aromatic heterocycles. The predicted octanol–water partition coefficient (Wildman–Crippen LogP) is 1.37. The van der Waals surface area contributed by atoms with E-state index in [1.54, 1.807) is 17.0 Å². The van der Waals surface area contributed by atoms with Gasteiger partial charge in [-0.25, -0.2) is 13.1 Å². The van der Waals surface area contributed by atoms with Gasteiger partial charge in [0.05, 0.1) is 4.90 Å². The van der Waals surface area contributed by atoms with E-state index in [2.05, 4.69) is 10.0 Å². The Bertz CT molecular complexity index is 706. The van der Waals surface area contributed by atoms with E-state index < -0.39 is 10.0 Å². The zero-order chi connectivity index (χ0) is 16.6. The summed E-state index contributed by atoms with van der Waals surface area (Å²) in [4.78, 5) is 14.7. The molecule has 1 heterocycles. The molecule has 0 bridgehead atoms. The number of benzene rings is 1. The first-order valence-electron chi connectivity index (χ1n) is 8.05. The molecule has 134 valence electrons. The van der Waals surface area contributed by atoms with Gasteiger partial charge >= 0.3 is 0 Å². The molecule has 1 aliphatic heterocycles. The number of nitrogens with one attached hydrogen (secondary N) is 2. The van der Waals surface area contributed by atoms with Crippen LogP contribution in [0.1, 0.15) is 37.0 Å². The van der Waals surface area contributed by atoms with E-state index in [-0.39, 0.29) is 41.3 Å². The van der Waals surface area contributed by atoms with Gasteiger partial charge in [-0.1, -0.05) is 6.07 Å². The number of carbonyl (C=O) groups excluding carboxylic acids is 1. The van der Waals surface area contributed by atoms with Gasteiger partial charge in [-0.05, 0) is 44.9 Å². The van der Waals surface area contributed by atoms with Gasteiger partial charge in [0.15, 0.2) is 0 Å². The topological polar surface area (TPSA) is 78.5 Å². The SMILES string of the molecule is CC1NCCN(C(=O)c2cccc(S(=O)(=O)NC3CC3)c2)C1C.Cl. The standard InChI is InChI=1S/C16H23N3O3S.ClH/c1-11-12(2)19(9-8-17-11)16(20)13-4-3-5-15(10-13)23(21,22)18-14-6-7-14;/h3-5,10-12,14,17-18H,6-9H2,1-2H3;1H. The van der Waals surface area contributed by atoms with Crippen molar-refractivity contribution >= 4 is 28.3 Å². The molecule has 6 nitrogen and oxygen atoms in total. The van der Waals surface area contributed by atoms with Crippen molar-refractivity contribution in [3.8, 4) is 0 Å². The van der Waals surface area contributed by atoms with Crippen molar-refractivity contribution in [2.24, 2.45) is 0 Å². The third-order valence-corrected chi connectivity index (χ3v) is 6.10. The molecule has 0 spiro atoms. The second-order valence-corrected chi connectivity index (χ2v) is 8.12. The molecule has 1 aliphatic carbocycles. The van der Waals surface area contributed by atoms with Crippen molar-refractivity contribution in [3.05, 3.63) is 29.8 Å². The Kier molecular flexibility index (Phi) is 5.91. The van der Waals surface area contributed by atoms with E-state index in [1.165, 1.54) is 12.1 Å². The van der Waals surface area contributed by atoms with Crippen LogP contribution in [0.15, 0.2) is 29.2 Å². The van der Waals surface area contributed by atoms with Crippen molar-refractivity contribution in [1.29, 1.82) is 0 Å². The van der Waals surface area contributed by atoms with Crippen LogP contribution >= 0.6 is 12.4 Å². The third-order valence-electron chi connectivity index (χ3n) is 4.59. The molecule has 24 heavy (non-hydrogen) atoms. The summed E-state index contributed by atoms with van der Waals surface area (Å²) >= 11 is 0. The molecule has 1 saturated heterocycles. The zero-order valence-corrected chi connectivity index (χ0v) is 15.5. The summed E-state index contributed by atoms with van der Waals surface area (Å²) in [7, 11) is -3.54. The minimum atomic E-state index is -3.54. The molecule has 1 aromatic rings. The number of sulfonamides is 1. The Morgan fingerprint density at radius 3 is 2.67 bits per heavy atom. The summed E-state index contributed by atoms with van der Waals surface area (Å²) < 4.78 is 27.3. The molecule has 0 radical (unpaired) electrons. The lowest BCUT2D eigenvalue weighted by Gasteiger charge is -2.38. The largest absolute Gasteiger partial charge is 0.333 e. The number of rotatable bonds is 4. The van der Waals surface area contributed by atoms with Crippen LogP contribution in [0.2, 0.25) is 0 Å². The normalized spacial score (nSPS) is 24.3. The van der Waals surface area contributed by atoms with Crippen molar-refractivity contribution in [2.45, 2.75) is 49.7 Å². The van der Waals surface area contributed by atoms with Gasteiger partial charge < -0.3 is 10.2 Å². The molecule has 1 aromatic carbocycles. The van der Waals surface area contributed by atoms with E-state index in [1.807, 2.05) is 13.8 Å². The van der Waals surface area contributed by atoms with Gasteiger partial charge in [0.1, 0.15) is 0 Å². The summed E-state index contributed by atoms with van der Waals surface area (Å²) in [6.45, 7) is 5.43. The molecule has 2 atom stereocenters. The molecule has 1 saturated carbocycles. The Hall–Kier alpha value is -1.15. The Labute approximate surface area is 149 Å². The molecule has 2 N–H and O–H groups in total. The highest BCUT2D eigenvalue weighted by atomic mass is 35.5. The molecule has 2 fully saturated rings. The fourth-order valence-corrected chi connectivity index (χ4v) is 4.14. The average molecular weight is 374 g/mol. The lowest BCUT2D eigenvalue weighted by Crippen LogP contribution is -2.57. The van der Waals surface area contributed by atoms with E-state index >= 15 is 0 Å². The lowest BCUT2D eigenvalue weighted by atomic mass is 10.1. The minimum Gasteiger partial charge on any atom is -0.333 e. The molecule has 8 heteroatoms. The number of hydrogen-bond acceptors (Lipinski definition) is 4. The van der Waals surface area contributed by atoms with E-state index in [4.69, 9.17) is 0 Å². The lowest BCUT2D eigenvalue weighted by molar-refractivity contribution is 0.0602. The molecule has 2 unspecified atom stereocenters. The van der Waals surface area contributed by atoms with Gasteiger partial charge in [0.25, 0.3) is 5.91 Å². The summed E-state index contributed by atoms with van der Waals surface area (Å²) in [5.41, 5.74) is 0.421. The highest BCUT2D eigenvalue weighted by molar-refractivity contribution is 7.89. The molecule has 3 rings (SSSR count). The number of nitrogens with zero attached hydrogens (tertiary/aromatic N) is 1. The van der Waals surface area contributed by atoms with Crippen LogP contribution in [0.25, 0.3) is 0 Å². The second-order valence-electron chi connectivity index (χ2n) is 6.41. The van der Waals surface area contributed by atoms with E-state index in [9.17, 15) is 13.2 Å². The van der Waals surface area contributed by atoms with Gasteiger partial charge in [-0.2, -0.15) is 0 Å². The minimum absolute atomic E-state index is 0. The van der Waals surface area contributed by atoms with Crippen molar-refractivity contribution < 1.29 is 13.2 Å². The van der Waals surface area contributed by atoms with Crippen LogP contribution in [0.3, 0.4) is 0 Å². The van der Waals surface area contributed by atoms with E-state index in [0.29, 0.717) is 12.1 Å². The summed E-state index contributed by atoms with van der Waals surface area (Å²) in [6.07, 6.45) is 1.77. The maximum atomic E-state index is 12.8. The number of halogens is 1. The Morgan fingerprint density at radius 2 is 2.00 bits per heavy atom. The fraction of sp³-hybridized carbons (Fsp3) is 0.562. The Balaban J connectivity index is 0.00000208. The number of amides is 1. The molecular formula is C16H24ClN3O3S. The number of hydrogen-bond donors (Lipinski definition) is 2. The quantitative estimate of drug-likeness (QED) is 0.835. The summed E-state index contributed by atoms with van der Waals surface area (Å²) in [5.74, 6) is -0.116. The first kappa shape index (κ1) is 19.2. The van der Waals surface area contributed by atoms with Crippen LogP contribution in [0.5, 0.6) is 0 Å².